The Morgan fingerprint density at radius 3 is 2.79 bits per heavy atom. The van der Waals surface area contributed by atoms with Crippen LogP contribution in [0.2, 0.25) is 0 Å². The summed E-state index contributed by atoms with van der Waals surface area (Å²) in [6.07, 6.45) is 3.26. The molecule has 0 fully saturated rings. The number of aromatic nitrogens is 1. The number of hydrogen-bond donors (Lipinski definition) is 2. The number of aliphatic hydroxyl groups excluding tert-OH is 1. The molecule has 2 rings (SSSR count). The predicted molar refractivity (Wildman–Crippen MR) is 73.2 cm³/mol. The van der Waals surface area contributed by atoms with E-state index in [9.17, 15) is 8.42 Å². The average molecular weight is 298 g/mol. The zero-order valence-electron chi connectivity index (χ0n) is 10.3. The number of thiophene rings is 1. The SMILES string of the molecule is CC(NS(=O)(=O)c1ccc(CO)s1)c1cccnc1. The van der Waals surface area contributed by atoms with E-state index in [4.69, 9.17) is 5.11 Å². The highest BCUT2D eigenvalue weighted by atomic mass is 32.2. The van der Waals surface area contributed by atoms with Gasteiger partial charge in [0.25, 0.3) is 10.0 Å². The molecule has 2 heterocycles. The van der Waals surface area contributed by atoms with Gasteiger partial charge < -0.3 is 5.11 Å². The molecule has 19 heavy (non-hydrogen) atoms. The number of rotatable bonds is 5. The van der Waals surface area contributed by atoms with E-state index in [1.807, 2.05) is 6.07 Å². The summed E-state index contributed by atoms with van der Waals surface area (Å²) in [5.41, 5.74) is 0.796. The first kappa shape index (κ1) is 14.1. The van der Waals surface area contributed by atoms with E-state index in [2.05, 4.69) is 9.71 Å². The van der Waals surface area contributed by atoms with Crippen LogP contribution in [0.5, 0.6) is 0 Å². The van der Waals surface area contributed by atoms with Gasteiger partial charge in [0.2, 0.25) is 0 Å². The van der Waals surface area contributed by atoms with Gasteiger partial charge in [-0.1, -0.05) is 6.07 Å². The maximum absolute atomic E-state index is 12.1. The van der Waals surface area contributed by atoms with Gasteiger partial charge in [-0.15, -0.1) is 11.3 Å². The van der Waals surface area contributed by atoms with Crippen molar-refractivity contribution in [2.24, 2.45) is 0 Å². The fraction of sp³-hybridized carbons (Fsp3) is 0.250. The van der Waals surface area contributed by atoms with Crippen LogP contribution in [0.4, 0.5) is 0 Å². The Kier molecular flexibility index (Phi) is 4.31. The lowest BCUT2D eigenvalue weighted by molar-refractivity contribution is 0.285. The van der Waals surface area contributed by atoms with Gasteiger partial charge in [0, 0.05) is 23.3 Å². The van der Waals surface area contributed by atoms with Crippen LogP contribution in [0.3, 0.4) is 0 Å². The van der Waals surface area contributed by atoms with Crippen LogP contribution < -0.4 is 4.72 Å². The minimum Gasteiger partial charge on any atom is -0.391 e. The maximum atomic E-state index is 12.1. The first-order valence-electron chi connectivity index (χ1n) is 5.65. The highest BCUT2D eigenvalue weighted by Crippen LogP contribution is 2.23. The molecule has 0 saturated heterocycles. The van der Waals surface area contributed by atoms with Gasteiger partial charge in [0.15, 0.2) is 0 Å². The maximum Gasteiger partial charge on any atom is 0.250 e. The van der Waals surface area contributed by atoms with Crippen molar-refractivity contribution in [2.45, 2.75) is 23.8 Å². The second kappa shape index (κ2) is 5.79. The second-order valence-electron chi connectivity index (χ2n) is 4.01. The van der Waals surface area contributed by atoms with Crippen LogP contribution in [0.1, 0.15) is 23.4 Å². The molecule has 0 spiro atoms. The van der Waals surface area contributed by atoms with Gasteiger partial charge >= 0.3 is 0 Å². The normalized spacial score (nSPS) is 13.4. The number of hydrogen-bond acceptors (Lipinski definition) is 5. The molecule has 0 aliphatic carbocycles. The summed E-state index contributed by atoms with van der Waals surface area (Å²) in [5.74, 6) is 0. The molecule has 1 unspecified atom stereocenters. The number of nitrogens with one attached hydrogen (secondary N) is 1. The largest absolute Gasteiger partial charge is 0.391 e. The summed E-state index contributed by atoms with van der Waals surface area (Å²) in [7, 11) is -3.57. The van der Waals surface area contributed by atoms with Crippen LogP contribution in [-0.2, 0) is 16.6 Å². The Bertz CT molecular complexity index is 638. The molecular formula is C12H14N2O3S2. The highest BCUT2D eigenvalue weighted by molar-refractivity contribution is 7.91. The highest BCUT2D eigenvalue weighted by Gasteiger charge is 2.20. The molecule has 0 radical (unpaired) electrons. The average Bonchev–Trinajstić information content (AvgIpc) is 2.89. The molecule has 0 amide bonds. The first-order valence-corrected chi connectivity index (χ1v) is 7.95. The Balaban J connectivity index is 2.17. The van der Waals surface area contributed by atoms with Crippen LogP contribution >= 0.6 is 11.3 Å². The Hall–Kier alpha value is -1.28. The molecule has 7 heteroatoms. The molecule has 2 N–H and O–H groups in total. The molecular weight excluding hydrogens is 284 g/mol. The van der Waals surface area contributed by atoms with Crippen molar-refractivity contribution < 1.29 is 13.5 Å². The lowest BCUT2D eigenvalue weighted by Crippen LogP contribution is -2.26. The van der Waals surface area contributed by atoms with Crippen LogP contribution in [0.25, 0.3) is 0 Å². The summed E-state index contributed by atoms with van der Waals surface area (Å²) in [6, 6.07) is 6.31. The van der Waals surface area contributed by atoms with Crippen molar-refractivity contribution in [1.82, 2.24) is 9.71 Å². The van der Waals surface area contributed by atoms with Crippen molar-refractivity contribution in [3.8, 4) is 0 Å². The molecule has 2 aromatic heterocycles. The van der Waals surface area contributed by atoms with Crippen LogP contribution in [0.15, 0.2) is 40.9 Å². The van der Waals surface area contributed by atoms with E-state index in [1.165, 1.54) is 6.07 Å². The molecule has 5 nitrogen and oxygen atoms in total. The molecule has 0 bridgehead atoms. The third-order valence-corrected chi connectivity index (χ3v) is 5.68. The van der Waals surface area contributed by atoms with Gasteiger partial charge in [0.1, 0.15) is 4.21 Å². The number of aliphatic hydroxyl groups is 1. The summed E-state index contributed by atoms with van der Waals surface area (Å²) in [6.45, 7) is 1.60. The van der Waals surface area contributed by atoms with E-state index in [-0.39, 0.29) is 16.9 Å². The lowest BCUT2D eigenvalue weighted by atomic mass is 10.2. The predicted octanol–water partition coefficient (Wildman–Crippen LogP) is 1.67. The third kappa shape index (κ3) is 3.38. The van der Waals surface area contributed by atoms with Crippen LogP contribution in [0, 0.1) is 0 Å². The standard InChI is InChI=1S/C12H14N2O3S2/c1-9(10-3-2-6-13-7-10)14-19(16,17)12-5-4-11(8-15)18-12/h2-7,9,14-15H,8H2,1H3. The minimum absolute atomic E-state index is 0.154. The molecule has 0 aliphatic heterocycles. The Labute approximate surface area is 116 Å². The first-order chi connectivity index (χ1) is 9.03. The van der Waals surface area contributed by atoms with Gasteiger partial charge in [-0.2, -0.15) is 0 Å². The summed E-state index contributed by atoms with van der Waals surface area (Å²) in [5, 5.41) is 8.96. The van der Waals surface area contributed by atoms with Gasteiger partial charge in [-0.3, -0.25) is 4.98 Å². The van der Waals surface area contributed by atoms with Crippen molar-refractivity contribution in [3.05, 3.63) is 47.1 Å². The van der Waals surface area contributed by atoms with E-state index in [1.54, 1.807) is 31.5 Å². The fourth-order valence-corrected chi connectivity index (χ4v) is 4.04. The van der Waals surface area contributed by atoms with Crippen molar-refractivity contribution in [3.63, 3.8) is 0 Å². The fourth-order valence-electron chi connectivity index (χ4n) is 1.58. The molecule has 2 aromatic rings. The summed E-state index contributed by atoms with van der Waals surface area (Å²) < 4.78 is 27.1. The van der Waals surface area contributed by atoms with E-state index >= 15 is 0 Å². The van der Waals surface area contributed by atoms with E-state index < -0.39 is 10.0 Å². The van der Waals surface area contributed by atoms with E-state index in [0.717, 1.165) is 16.9 Å². The monoisotopic (exact) mass is 298 g/mol. The Morgan fingerprint density at radius 1 is 1.42 bits per heavy atom. The number of nitrogens with zero attached hydrogens (tertiary/aromatic N) is 1. The smallest absolute Gasteiger partial charge is 0.250 e. The molecule has 102 valence electrons. The van der Waals surface area contributed by atoms with Gasteiger partial charge in [0.05, 0.1) is 6.61 Å². The quantitative estimate of drug-likeness (QED) is 0.880. The zero-order valence-corrected chi connectivity index (χ0v) is 11.9. The van der Waals surface area contributed by atoms with Crippen LogP contribution in [-0.4, -0.2) is 18.5 Å². The number of sulfonamides is 1. The molecule has 0 aromatic carbocycles. The van der Waals surface area contributed by atoms with Crippen molar-refractivity contribution in [1.29, 1.82) is 0 Å². The number of pyridine rings is 1. The third-order valence-electron chi connectivity index (χ3n) is 2.57. The summed E-state index contributed by atoms with van der Waals surface area (Å²) >= 11 is 1.06. The second-order valence-corrected chi connectivity index (χ2v) is 7.12. The van der Waals surface area contributed by atoms with Crippen molar-refractivity contribution >= 4 is 21.4 Å². The molecule has 0 saturated carbocycles. The molecule has 0 aliphatic rings. The minimum atomic E-state index is -3.57. The summed E-state index contributed by atoms with van der Waals surface area (Å²) in [4.78, 5) is 4.58. The zero-order chi connectivity index (χ0) is 13.9. The molecule has 1 atom stereocenters. The van der Waals surface area contributed by atoms with Gasteiger partial charge in [-0.25, -0.2) is 13.1 Å². The topological polar surface area (TPSA) is 79.3 Å². The Morgan fingerprint density at radius 2 is 2.21 bits per heavy atom. The van der Waals surface area contributed by atoms with Gasteiger partial charge in [-0.05, 0) is 30.7 Å². The van der Waals surface area contributed by atoms with Crippen molar-refractivity contribution in [2.75, 3.05) is 0 Å². The van der Waals surface area contributed by atoms with E-state index in [0.29, 0.717) is 4.88 Å². The lowest BCUT2D eigenvalue weighted by Gasteiger charge is -2.13.